The van der Waals surface area contributed by atoms with Crippen molar-refractivity contribution in [1.29, 1.82) is 0 Å². The maximum atomic E-state index is 5.76. The second-order valence-electron chi connectivity index (χ2n) is 2.77. The number of fused-ring (bicyclic) bond motifs is 1. The highest BCUT2D eigenvalue weighted by Gasteiger charge is 2.03. The zero-order valence-electron chi connectivity index (χ0n) is 7.32. The van der Waals surface area contributed by atoms with E-state index in [9.17, 15) is 0 Å². The van der Waals surface area contributed by atoms with Crippen LogP contribution in [0.5, 0.6) is 5.88 Å². The second-order valence-corrected chi connectivity index (χ2v) is 2.77. The maximum absolute atomic E-state index is 5.76. The number of pyridine rings is 1. The van der Waals surface area contributed by atoms with Crippen LogP contribution in [0.4, 0.5) is 5.69 Å². The fourth-order valence-corrected chi connectivity index (χ4v) is 1.35. The van der Waals surface area contributed by atoms with Gasteiger partial charge in [0, 0.05) is 10.8 Å². The Morgan fingerprint density at radius 3 is 2.62 bits per heavy atom. The Balaban J connectivity index is 2.84. The average molecular weight is 174 g/mol. The monoisotopic (exact) mass is 174 g/mol. The number of nitrogens with two attached hydrogens (primary N) is 1. The van der Waals surface area contributed by atoms with E-state index in [1.54, 1.807) is 13.3 Å². The minimum Gasteiger partial charge on any atom is -0.481 e. The van der Waals surface area contributed by atoms with Crippen LogP contribution in [0.1, 0.15) is 0 Å². The van der Waals surface area contributed by atoms with Crippen molar-refractivity contribution >= 4 is 16.5 Å². The molecule has 1 aromatic carbocycles. The van der Waals surface area contributed by atoms with E-state index in [1.165, 1.54) is 0 Å². The second kappa shape index (κ2) is 2.94. The summed E-state index contributed by atoms with van der Waals surface area (Å²) in [5.41, 5.74) is 6.44. The van der Waals surface area contributed by atoms with Gasteiger partial charge in [-0.15, -0.1) is 0 Å². The van der Waals surface area contributed by atoms with Crippen LogP contribution in [0.15, 0.2) is 30.5 Å². The molecular formula is C10H10N2O. The van der Waals surface area contributed by atoms with E-state index < -0.39 is 0 Å². The Morgan fingerprint density at radius 1 is 1.23 bits per heavy atom. The van der Waals surface area contributed by atoms with Gasteiger partial charge in [-0.1, -0.05) is 18.2 Å². The van der Waals surface area contributed by atoms with Gasteiger partial charge >= 0.3 is 0 Å². The predicted octanol–water partition coefficient (Wildman–Crippen LogP) is 1.83. The highest BCUT2D eigenvalue weighted by atomic mass is 16.5. The van der Waals surface area contributed by atoms with Crippen molar-refractivity contribution in [3.63, 3.8) is 0 Å². The number of hydrogen-bond acceptors (Lipinski definition) is 3. The SMILES string of the molecule is COc1ncc(N)c2ccccc12. The summed E-state index contributed by atoms with van der Waals surface area (Å²) in [4.78, 5) is 4.08. The third-order valence-electron chi connectivity index (χ3n) is 1.98. The largest absolute Gasteiger partial charge is 0.481 e. The molecule has 2 aromatic rings. The molecule has 0 spiro atoms. The summed E-state index contributed by atoms with van der Waals surface area (Å²) in [6.45, 7) is 0. The molecule has 0 bridgehead atoms. The van der Waals surface area contributed by atoms with Crippen molar-refractivity contribution in [2.75, 3.05) is 12.8 Å². The molecule has 0 aliphatic rings. The molecule has 0 atom stereocenters. The van der Waals surface area contributed by atoms with Gasteiger partial charge in [-0.25, -0.2) is 4.98 Å². The van der Waals surface area contributed by atoms with E-state index in [0.717, 1.165) is 10.8 Å². The van der Waals surface area contributed by atoms with E-state index in [4.69, 9.17) is 10.5 Å². The van der Waals surface area contributed by atoms with E-state index in [-0.39, 0.29) is 0 Å². The van der Waals surface area contributed by atoms with Crippen molar-refractivity contribution < 1.29 is 4.74 Å². The molecule has 2 rings (SSSR count). The van der Waals surface area contributed by atoms with Gasteiger partial charge in [-0.2, -0.15) is 0 Å². The van der Waals surface area contributed by atoms with Crippen molar-refractivity contribution in [3.8, 4) is 5.88 Å². The molecule has 0 fully saturated rings. The van der Waals surface area contributed by atoms with Gasteiger partial charge in [-0.05, 0) is 6.07 Å². The van der Waals surface area contributed by atoms with E-state index in [1.807, 2.05) is 24.3 Å². The van der Waals surface area contributed by atoms with Gasteiger partial charge in [0.25, 0.3) is 0 Å². The predicted molar refractivity (Wildman–Crippen MR) is 52.7 cm³/mol. The molecule has 0 aliphatic carbocycles. The van der Waals surface area contributed by atoms with Crippen molar-refractivity contribution in [2.45, 2.75) is 0 Å². The number of hydrogen-bond donors (Lipinski definition) is 1. The molecule has 1 aromatic heterocycles. The van der Waals surface area contributed by atoms with Crippen LogP contribution in [0, 0.1) is 0 Å². The molecule has 0 saturated carbocycles. The lowest BCUT2D eigenvalue weighted by Gasteiger charge is -2.05. The Labute approximate surface area is 76.2 Å². The summed E-state index contributed by atoms with van der Waals surface area (Å²) in [7, 11) is 1.60. The molecular weight excluding hydrogens is 164 g/mol. The third kappa shape index (κ3) is 1.18. The molecule has 2 N–H and O–H groups in total. The van der Waals surface area contributed by atoms with Gasteiger partial charge in [0.2, 0.25) is 5.88 Å². The molecule has 0 amide bonds. The molecule has 13 heavy (non-hydrogen) atoms. The number of rotatable bonds is 1. The smallest absolute Gasteiger partial charge is 0.221 e. The summed E-state index contributed by atoms with van der Waals surface area (Å²) in [5.74, 6) is 0.616. The molecule has 0 unspecified atom stereocenters. The first kappa shape index (κ1) is 7.86. The fraction of sp³-hybridized carbons (Fsp3) is 0.100. The van der Waals surface area contributed by atoms with Crippen molar-refractivity contribution in [3.05, 3.63) is 30.5 Å². The van der Waals surface area contributed by atoms with Crippen LogP contribution in [0.25, 0.3) is 10.8 Å². The molecule has 0 radical (unpaired) electrons. The summed E-state index contributed by atoms with van der Waals surface area (Å²) in [6.07, 6.45) is 1.61. The van der Waals surface area contributed by atoms with Crippen molar-refractivity contribution in [2.24, 2.45) is 0 Å². The standard InChI is InChI=1S/C10H10N2O/c1-13-10-8-5-3-2-4-7(8)9(11)6-12-10/h2-6H,11H2,1H3. The first-order chi connectivity index (χ1) is 6.33. The Bertz CT molecular complexity index is 440. The summed E-state index contributed by atoms with van der Waals surface area (Å²) < 4.78 is 5.12. The van der Waals surface area contributed by atoms with Gasteiger partial charge in [0.05, 0.1) is 19.0 Å². The highest BCUT2D eigenvalue weighted by Crippen LogP contribution is 2.26. The Morgan fingerprint density at radius 2 is 1.92 bits per heavy atom. The molecule has 3 nitrogen and oxygen atoms in total. The van der Waals surface area contributed by atoms with Crippen LogP contribution in [0.3, 0.4) is 0 Å². The van der Waals surface area contributed by atoms with Crippen LogP contribution in [-0.2, 0) is 0 Å². The van der Waals surface area contributed by atoms with Crippen LogP contribution < -0.4 is 10.5 Å². The molecule has 1 heterocycles. The quantitative estimate of drug-likeness (QED) is 0.717. The number of nitrogens with zero attached hydrogens (tertiary/aromatic N) is 1. The zero-order chi connectivity index (χ0) is 9.26. The average Bonchev–Trinajstić information content (AvgIpc) is 2.19. The minimum atomic E-state index is 0.616. The van der Waals surface area contributed by atoms with Gasteiger partial charge in [0.15, 0.2) is 0 Å². The molecule has 0 saturated heterocycles. The lowest BCUT2D eigenvalue weighted by Crippen LogP contribution is -1.93. The molecule has 0 aliphatic heterocycles. The lowest BCUT2D eigenvalue weighted by molar-refractivity contribution is 0.403. The van der Waals surface area contributed by atoms with Crippen LogP contribution >= 0.6 is 0 Å². The molecule has 3 heteroatoms. The zero-order valence-corrected chi connectivity index (χ0v) is 7.32. The van der Waals surface area contributed by atoms with E-state index in [0.29, 0.717) is 11.6 Å². The van der Waals surface area contributed by atoms with Crippen LogP contribution in [-0.4, -0.2) is 12.1 Å². The van der Waals surface area contributed by atoms with E-state index >= 15 is 0 Å². The summed E-state index contributed by atoms with van der Waals surface area (Å²) in [5, 5.41) is 1.93. The van der Waals surface area contributed by atoms with Crippen molar-refractivity contribution in [1.82, 2.24) is 4.98 Å². The first-order valence-corrected chi connectivity index (χ1v) is 4.00. The van der Waals surface area contributed by atoms with Crippen LogP contribution in [0.2, 0.25) is 0 Å². The number of nitrogen functional groups attached to an aromatic ring is 1. The Hall–Kier alpha value is -1.77. The summed E-state index contributed by atoms with van der Waals surface area (Å²) >= 11 is 0. The first-order valence-electron chi connectivity index (χ1n) is 4.00. The minimum absolute atomic E-state index is 0.616. The van der Waals surface area contributed by atoms with E-state index in [2.05, 4.69) is 4.98 Å². The normalized spacial score (nSPS) is 10.2. The number of methoxy groups -OCH3 is 1. The number of ether oxygens (including phenoxy) is 1. The van der Waals surface area contributed by atoms with Gasteiger partial charge < -0.3 is 10.5 Å². The van der Waals surface area contributed by atoms with Gasteiger partial charge in [-0.3, -0.25) is 0 Å². The third-order valence-corrected chi connectivity index (χ3v) is 1.98. The molecule has 66 valence electrons. The van der Waals surface area contributed by atoms with Gasteiger partial charge in [0.1, 0.15) is 0 Å². The number of benzene rings is 1. The Kier molecular flexibility index (Phi) is 1.77. The fourth-order valence-electron chi connectivity index (χ4n) is 1.35. The highest BCUT2D eigenvalue weighted by molar-refractivity contribution is 5.95. The number of aromatic nitrogens is 1. The summed E-state index contributed by atoms with van der Waals surface area (Å²) in [6, 6.07) is 7.77. The number of anilines is 1. The maximum Gasteiger partial charge on any atom is 0.221 e. The topological polar surface area (TPSA) is 48.1 Å². The lowest BCUT2D eigenvalue weighted by atomic mass is 10.1.